The lowest BCUT2D eigenvalue weighted by Crippen LogP contribution is -2.35. The highest BCUT2D eigenvalue weighted by Crippen LogP contribution is 2.36. The first-order valence-corrected chi connectivity index (χ1v) is 11.5. The van der Waals surface area contributed by atoms with Crippen molar-refractivity contribution in [3.05, 3.63) is 112 Å². The molecular weight excluding hydrogens is 410 g/mol. The molecular formula is C28H27N3O2. The summed E-state index contributed by atoms with van der Waals surface area (Å²) in [5.74, 6) is 0.0531. The van der Waals surface area contributed by atoms with Crippen LogP contribution in [0.3, 0.4) is 0 Å². The molecule has 1 aliphatic carbocycles. The van der Waals surface area contributed by atoms with Gasteiger partial charge >= 0.3 is 0 Å². The van der Waals surface area contributed by atoms with Crippen LogP contribution < -0.4 is 5.56 Å². The normalized spacial score (nSPS) is 14.9. The Morgan fingerprint density at radius 3 is 2.64 bits per heavy atom. The summed E-state index contributed by atoms with van der Waals surface area (Å²) in [6.07, 6.45) is 3.71. The Labute approximate surface area is 193 Å². The summed E-state index contributed by atoms with van der Waals surface area (Å²) in [7, 11) is 0. The third kappa shape index (κ3) is 4.31. The Morgan fingerprint density at radius 1 is 1.03 bits per heavy atom. The van der Waals surface area contributed by atoms with Crippen molar-refractivity contribution in [2.45, 2.75) is 45.3 Å². The molecule has 0 aliphatic heterocycles. The van der Waals surface area contributed by atoms with Gasteiger partial charge in [0.2, 0.25) is 5.91 Å². The van der Waals surface area contributed by atoms with Gasteiger partial charge in [-0.25, -0.2) is 4.98 Å². The van der Waals surface area contributed by atoms with E-state index in [1.54, 1.807) is 17.0 Å². The van der Waals surface area contributed by atoms with Crippen molar-refractivity contribution in [3.8, 4) is 0 Å². The minimum Gasteiger partial charge on any atom is -0.331 e. The lowest BCUT2D eigenvalue weighted by atomic mass is 10.0. The van der Waals surface area contributed by atoms with Gasteiger partial charge in [-0.3, -0.25) is 14.2 Å². The SMILES string of the molecule is Cc1ccc(CN(C(=O)CCn2cnc3ccccc3c2=O)C2CCc3ccccc32)cc1. The van der Waals surface area contributed by atoms with Gasteiger partial charge < -0.3 is 4.90 Å². The molecule has 3 aromatic carbocycles. The maximum atomic E-state index is 13.5. The highest BCUT2D eigenvalue weighted by Gasteiger charge is 2.30. The van der Waals surface area contributed by atoms with Crippen molar-refractivity contribution in [3.63, 3.8) is 0 Å². The molecule has 1 aromatic heterocycles. The number of aromatic nitrogens is 2. The highest BCUT2D eigenvalue weighted by atomic mass is 16.2. The topological polar surface area (TPSA) is 55.2 Å². The van der Waals surface area contributed by atoms with Gasteiger partial charge in [0.05, 0.1) is 23.3 Å². The number of hydrogen-bond donors (Lipinski definition) is 0. The number of amides is 1. The molecule has 1 amide bonds. The van der Waals surface area contributed by atoms with Crippen LogP contribution in [0.4, 0.5) is 0 Å². The lowest BCUT2D eigenvalue weighted by molar-refractivity contribution is -0.134. The minimum absolute atomic E-state index is 0.0531. The second kappa shape index (κ2) is 9.02. The molecule has 1 heterocycles. The van der Waals surface area contributed by atoms with Crippen molar-refractivity contribution in [1.82, 2.24) is 14.5 Å². The Balaban J connectivity index is 1.40. The van der Waals surface area contributed by atoms with Crippen molar-refractivity contribution in [2.75, 3.05) is 0 Å². The van der Waals surface area contributed by atoms with Crippen molar-refractivity contribution < 1.29 is 4.79 Å². The molecule has 1 atom stereocenters. The van der Waals surface area contributed by atoms with Gasteiger partial charge in [-0.1, -0.05) is 66.2 Å². The highest BCUT2D eigenvalue weighted by molar-refractivity contribution is 5.78. The van der Waals surface area contributed by atoms with E-state index in [2.05, 4.69) is 54.4 Å². The lowest BCUT2D eigenvalue weighted by Gasteiger charge is -2.30. The molecule has 5 nitrogen and oxygen atoms in total. The number of aryl methyl sites for hydroxylation is 3. The summed E-state index contributed by atoms with van der Waals surface area (Å²) in [5, 5.41) is 0.577. The van der Waals surface area contributed by atoms with Crippen LogP contribution in [-0.4, -0.2) is 20.4 Å². The van der Waals surface area contributed by atoms with E-state index >= 15 is 0 Å². The molecule has 0 spiro atoms. The summed E-state index contributed by atoms with van der Waals surface area (Å²) in [5.41, 5.74) is 5.44. The largest absolute Gasteiger partial charge is 0.331 e. The van der Waals surface area contributed by atoms with Gasteiger partial charge in [0, 0.05) is 19.5 Å². The van der Waals surface area contributed by atoms with E-state index in [0.717, 1.165) is 18.4 Å². The van der Waals surface area contributed by atoms with Crippen LogP contribution in [0.5, 0.6) is 0 Å². The first-order valence-electron chi connectivity index (χ1n) is 11.5. The van der Waals surface area contributed by atoms with E-state index in [1.807, 2.05) is 29.2 Å². The molecule has 0 saturated heterocycles. The zero-order valence-corrected chi connectivity index (χ0v) is 18.8. The van der Waals surface area contributed by atoms with Crippen molar-refractivity contribution in [2.24, 2.45) is 0 Å². The average molecular weight is 438 g/mol. The van der Waals surface area contributed by atoms with Gasteiger partial charge in [0.1, 0.15) is 0 Å². The third-order valence-electron chi connectivity index (χ3n) is 6.57. The standard InChI is InChI=1S/C28H27N3O2/c1-20-10-12-21(13-11-20)18-31(26-15-14-22-6-2-3-7-23(22)26)27(32)16-17-30-19-29-25-9-5-4-8-24(25)28(30)33/h2-13,19,26H,14-18H2,1H3. The van der Waals surface area contributed by atoms with E-state index in [0.29, 0.717) is 24.0 Å². The van der Waals surface area contributed by atoms with Crippen LogP contribution in [-0.2, 0) is 24.3 Å². The number of para-hydroxylation sites is 1. The third-order valence-corrected chi connectivity index (χ3v) is 6.57. The summed E-state index contributed by atoms with van der Waals surface area (Å²) in [6.45, 7) is 2.94. The van der Waals surface area contributed by atoms with Gasteiger partial charge in [0.15, 0.2) is 0 Å². The van der Waals surface area contributed by atoms with Gasteiger partial charge in [-0.15, -0.1) is 0 Å². The molecule has 1 aliphatic rings. The summed E-state index contributed by atoms with van der Waals surface area (Å²) >= 11 is 0. The maximum absolute atomic E-state index is 13.5. The number of benzene rings is 3. The van der Waals surface area contributed by atoms with E-state index in [9.17, 15) is 9.59 Å². The minimum atomic E-state index is -0.107. The first-order chi connectivity index (χ1) is 16.1. The van der Waals surface area contributed by atoms with Crippen LogP contribution in [0.25, 0.3) is 10.9 Å². The van der Waals surface area contributed by atoms with Crippen LogP contribution in [0.1, 0.15) is 41.1 Å². The first kappa shape index (κ1) is 21.1. The average Bonchev–Trinajstić information content (AvgIpc) is 3.27. The molecule has 0 radical (unpaired) electrons. The fourth-order valence-electron chi connectivity index (χ4n) is 4.75. The zero-order valence-electron chi connectivity index (χ0n) is 18.8. The maximum Gasteiger partial charge on any atom is 0.261 e. The predicted octanol–water partition coefficient (Wildman–Crippen LogP) is 4.81. The summed E-state index contributed by atoms with van der Waals surface area (Å²) < 4.78 is 1.55. The fourth-order valence-corrected chi connectivity index (χ4v) is 4.75. The Kier molecular flexibility index (Phi) is 5.78. The fraction of sp³-hybridized carbons (Fsp3) is 0.250. The van der Waals surface area contributed by atoms with Crippen molar-refractivity contribution >= 4 is 16.8 Å². The van der Waals surface area contributed by atoms with Crippen LogP contribution in [0, 0.1) is 6.92 Å². The van der Waals surface area contributed by atoms with E-state index < -0.39 is 0 Å². The Bertz CT molecular complexity index is 1360. The molecule has 1 unspecified atom stereocenters. The van der Waals surface area contributed by atoms with Crippen LogP contribution in [0.15, 0.2) is 83.9 Å². The monoisotopic (exact) mass is 437 g/mol. The molecule has 0 fully saturated rings. The van der Waals surface area contributed by atoms with Crippen molar-refractivity contribution in [1.29, 1.82) is 0 Å². The van der Waals surface area contributed by atoms with E-state index in [4.69, 9.17) is 0 Å². The number of nitrogens with zero attached hydrogens (tertiary/aromatic N) is 3. The predicted molar refractivity (Wildman–Crippen MR) is 130 cm³/mol. The quantitative estimate of drug-likeness (QED) is 0.435. The van der Waals surface area contributed by atoms with Gasteiger partial charge in [-0.05, 0) is 48.6 Å². The zero-order chi connectivity index (χ0) is 22.8. The second-order valence-corrected chi connectivity index (χ2v) is 8.77. The van der Waals surface area contributed by atoms with Gasteiger partial charge in [-0.2, -0.15) is 0 Å². The molecule has 5 heteroatoms. The molecule has 33 heavy (non-hydrogen) atoms. The van der Waals surface area contributed by atoms with Gasteiger partial charge in [0.25, 0.3) is 5.56 Å². The second-order valence-electron chi connectivity index (χ2n) is 8.77. The molecule has 166 valence electrons. The molecule has 0 bridgehead atoms. The summed E-state index contributed by atoms with van der Waals surface area (Å²) in [4.78, 5) is 32.8. The number of carbonyl (C=O) groups is 1. The smallest absolute Gasteiger partial charge is 0.261 e. The number of fused-ring (bicyclic) bond motifs is 2. The number of rotatable bonds is 6. The molecule has 0 saturated carbocycles. The molecule has 4 aromatic rings. The molecule has 5 rings (SSSR count). The number of carbonyl (C=O) groups excluding carboxylic acids is 1. The molecule has 0 N–H and O–H groups in total. The Morgan fingerprint density at radius 2 is 1.79 bits per heavy atom. The summed E-state index contributed by atoms with van der Waals surface area (Å²) in [6, 6.07) is 24.1. The van der Waals surface area contributed by atoms with E-state index in [1.165, 1.54) is 16.7 Å². The van der Waals surface area contributed by atoms with Crippen LogP contribution in [0.2, 0.25) is 0 Å². The Hall–Kier alpha value is -3.73. The van der Waals surface area contributed by atoms with E-state index in [-0.39, 0.29) is 23.9 Å². The number of hydrogen-bond acceptors (Lipinski definition) is 3. The van der Waals surface area contributed by atoms with Crippen LogP contribution >= 0.6 is 0 Å².